The molecule has 1 aliphatic carbocycles. The Balaban J connectivity index is 1.25. The normalized spacial score (nSPS) is 23.2. The molecule has 2 aromatic rings. The summed E-state index contributed by atoms with van der Waals surface area (Å²) in [6.07, 6.45) is 8.57. The number of nitrogens with zero attached hydrogens (tertiary/aromatic N) is 5. The molecule has 5 rings (SSSR count). The van der Waals surface area contributed by atoms with Crippen molar-refractivity contribution in [3.63, 3.8) is 0 Å². The number of hydrogen-bond donors (Lipinski definition) is 0. The molecule has 1 saturated carbocycles. The zero-order valence-electron chi connectivity index (χ0n) is 18.5. The van der Waals surface area contributed by atoms with E-state index in [-0.39, 0.29) is 11.5 Å². The maximum Gasteiger partial charge on any atom is 0.261 e. The summed E-state index contributed by atoms with van der Waals surface area (Å²) in [5.41, 5.74) is 2.03. The van der Waals surface area contributed by atoms with E-state index in [1.165, 1.54) is 12.8 Å². The van der Waals surface area contributed by atoms with E-state index in [0.717, 1.165) is 81.5 Å². The lowest BCUT2D eigenvalue weighted by Gasteiger charge is -2.38. The largest absolute Gasteiger partial charge is 0.369 e. The summed E-state index contributed by atoms with van der Waals surface area (Å²) >= 11 is 0. The second-order valence-corrected chi connectivity index (χ2v) is 9.39. The topological polar surface area (TPSA) is 61.7 Å². The highest BCUT2D eigenvalue weighted by Gasteiger charge is 2.29. The SMILES string of the molecule is CC(=O)N1CCCC1CN1CCN(c2ccc3c(=O)n(C4CCCC4)cnc3c2)CC1. The summed E-state index contributed by atoms with van der Waals surface area (Å²) in [4.78, 5) is 36.3. The van der Waals surface area contributed by atoms with E-state index in [9.17, 15) is 9.59 Å². The minimum Gasteiger partial charge on any atom is -0.369 e. The Morgan fingerprint density at radius 2 is 1.81 bits per heavy atom. The van der Waals surface area contributed by atoms with Crippen LogP contribution in [0.5, 0.6) is 0 Å². The quantitative estimate of drug-likeness (QED) is 0.757. The van der Waals surface area contributed by atoms with Crippen LogP contribution in [0.25, 0.3) is 10.9 Å². The Kier molecular flexibility index (Phi) is 5.69. The predicted octanol–water partition coefficient (Wildman–Crippen LogP) is 2.64. The van der Waals surface area contributed by atoms with Gasteiger partial charge in [-0.2, -0.15) is 0 Å². The molecule has 1 atom stereocenters. The van der Waals surface area contributed by atoms with E-state index in [1.807, 2.05) is 15.5 Å². The third-order valence-corrected chi connectivity index (χ3v) is 7.47. The lowest BCUT2D eigenvalue weighted by molar-refractivity contribution is -0.129. The van der Waals surface area contributed by atoms with Gasteiger partial charge in [0.1, 0.15) is 0 Å². The zero-order chi connectivity index (χ0) is 21.4. The molecule has 3 heterocycles. The fourth-order valence-electron chi connectivity index (χ4n) is 5.69. The van der Waals surface area contributed by atoms with Gasteiger partial charge in [0, 0.05) is 64.0 Å². The van der Waals surface area contributed by atoms with Crippen molar-refractivity contribution >= 4 is 22.5 Å². The van der Waals surface area contributed by atoms with Gasteiger partial charge in [0.05, 0.1) is 17.2 Å². The van der Waals surface area contributed by atoms with Crippen LogP contribution in [0.15, 0.2) is 29.3 Å². The van der Waals surface area contributed by atoms with Gasteiger partial charge in [0.25, 0.3) is 5.56 Å². The molecule has 0 spiro atoms. The number of carbonyl (C=O) groups excluding carboxylic acids is 1. The van der Waals surface area contributed by atoms with Crippen LogP contribution in [-0.4, -0.2) is 70.6 Å². The highest BCUT2D eigenvalue weighted by molar-refractivity contribution is 5.81. The fraction of sp³-hybridized carbons (Fsp3) is 0.625. The Morgan fingerprint density at radius 1 is 1.03 bits per heavy atom. The molecule has 166 valence electrons. The first-order chi connectivity index (χ1) is 15.1. The van der Waals surface area contributed by atoms with E-state index < -0.39 is 0 Å². The van der Waals surface area contributed by atoms with Crippen molar-refractivity contribution in [2.24, 2.45) is 0 Å². The molecule has 1 aromatic heterocycles. The fourth-order valence-corrected chi connectivity index (χ4v) is 5.69. The summed E-state index contributed by atoms with van der Waals surface area (Å²) in [6.45, 7) is 7.48. The number of amides is 1. The zero-order valence-corrected chi connectivity index (χ0v) is 18.5. The molecular formula is C24H33N5O2. The summed E-state index contributed by atoms with van der Waals surface area (Å²) in [5, 5.41) is 0.724. The van der Waals surface area contributed by atoms with Gasteiger partial charge in [-0.15, -0.1) is 0 Å². The predicted molar refractivity (Wildman–Crippen MR) is 123 cm³/mol. The molecule has 0 N–H and O–H groups in total. The van der Waals surface area contributed by atoms with Crippen molar-refractivity contribution in [2.75, 3.05) is 44.2 Å². The van der Waals surface area contributed by atoms with Crippen LogP contribution in [0, 0.1) is 0 Å². The van der Waals surface area contributed by atoms with Crippen LogP contribution in [0.2, 0.25) is 0 Å². The van der Waals surface area contributed by atoms with E-state index >= 15 is 0 Å². The second kappa shape index (κ2) is 8.61. The first-order valence-electron chi connectivity index (χ1n) is 11.9. The average molecular weight is 424 g/mol. The molecular weight excluding hydrogens is 390 g/mol. The molecule has 1 aromatic carbocycles. The van der Waals surface area contributed by atoms with Crippen molar-refractivity contribution in [3.05, 3.63) is 34.9 Å². The Morgan fingerprint density at radius 3 is 2.55 bits per heavy atom. The Hall–Kier alpha value is -2.41. The standard InChI is InChI=1S/C24H33N5O2/c1-18(30)28-10-4-7-21(28)16-26-11-13-27(14-12-26)20-8-9-22-23(15-20)25-17-29(24(22)31)19-5-2-3-6-19/h8-9,15,17,19,21H,2-7,10-14,16H2,1H3. The molecule has 1 unspecified atom stereocenters. The molecule has 1 amide bonds. The number of aromatic nitrogens is 2. The second-order valence-electron chi connectivity index (χ2n) is 9.39. The van der Waals surface area contributed by atoms with E-state index in [2.05, 4.69) is 26.9 Å². The van der Waals surface area contributed by atoms with Crippen LogP contribution < -0.4 is 10.5 Å². The summed E-state index contributed by atoms with van der Waals surface area (Å²) in [6, 6.07) is 6.79. The van der Waals surface area contributed by atoms with E-state index in [1.54, 1.807) is 13.3 Å². The third kappa shape index (κ3) is 4.07. The molecule has 3 fully saturated rings. The van der Waals surface area contributed by atoms with E-state index in [4.69, 9.17) is 0 Å². The van der Waals surface area contributed by atoms with Gasteiger partial charge in [0.2, 0.25) is 5.91 Å². The molecule has 0 bridgehead atoms. The number of rotatable bonds is 4. The van der Waals surface area contributed by atoms with Crippen molar-refractivity contribution < 1.29 is 4.79 Å². The number of likely N-dealkylation sites (tertiary alicyclic amines) is 1. The maximum atomic E-state index is 13.0. The van der Waals surface area contributed by atoms with E-state index in [0.29, 0.717) is 12.1 Å². The highest BCUT2D eigenvalue weighted by Crippen LogP contribution is 2.29. The molecule has 31 heavy (non-hydrogen) atoms. The molecule has 7 heteroatoms. The summed E-state index contributed by atoms with van der Waals surface area (Å²) in [5.74, 6) is 0.205. The van der Waals surface area contributed by atoms with Crippen LogP contribution in [0.3, 0.4) is 0 Å². The number of benzene rings is 1. The number of carbonyl (C=O) groups is 1. The summed E-state index contributed by atoms with van der Waals surface area (Å²) < 4.78 is 1.85. The number of anilines is 1. The number of piperazine rings is 1. The van der Waals surface area contributed by atoms with Crippen LogP contribution in [-0.2, 0) is 4.79 Å². The first-order valence-corrected chi connectivity index (χ1v) is 11.9. The van der Waals surface area contributed by atoms with Crippen LogP contribution in [0.4, 0.5) is 5.69 Å². The molecule has 2 aliphatic heterocycles. The van der Waals surface area contributed by atoms with Gasteiger partial charge < -0.3 is 9.80 Å². The van der Waals surface area contributed by atoms with Crippen molar-refractivity contribution in [3.8, 4) is 0 Å². The van der Waals surface area contributed by atoms with Gasteiger partial charge >= 0.3 is 0 Å². The lowest BCUT2D eigenvalue weighted by atomic mass is 10.1. The molecule has 3 aliphatic rings. The first kappa shape index (κ1) is 20.5. The van der Waals surface area contributed by atoms with Crippen molar-refractivity contribution in [1.82, 2.24) is 19.4 Å². The number of hydrogen-bond acceptors (Lipinski definition) is 5. The number of fused-ring (bicyclic) bond motifs is 1. The molecule has 7 nitrogen and oxygen atoms in total. The van der Waals surface area contributed by atoms with Gasteiger partial charge in [-0.1, -0.05) is 12.8 Å². The van der Waals surface area contributed by atoms with Crippen molar-refractivity contribution in [2.45, 2.75) is 57.5 Å². The third-order valence-electron chi connectivity index (χ3n) is 7.47. The highest BCUT2D eigenvalue weighted by atomic mass is 16.2. The lowest BCUT2D eigenvalue weighted by Crippen LogP contribution is -2.51. The molecule has 0 radical (unpaired) electrons. The Bertz CT molecular complexity index is 1000. The minimum absolute atomic E-state index is 0.0971. The monoisotopic (exact) mass is 423 g/mol. The van der Waals surface area contributed by atoms with Gasteiger partial charge in [-0.25, -0.2) is 4.98 Å². The van der Waals surface area contributed by atoms with Gasteiger partial charge in [-0.05, 0) is 43.9 Å². The average Bonchev–Trinajstić information content (AvgIpc) is 3.47. The smallest absolute Gasteiger partial charge is 0.261 e. The maximum absolute atomic E-state index is 13.0. The molecule has 2 saturated heterocycles. The van der Waals surface area contributed by atoms with Crippen LogP contribution in [0.1, 0.15) is 51.5 Å². The van der Waals surface area contributed by atoms with Gasteiger partial charge in [0.15, 0.2) is 0 Å². The van der Waals surface area contributed by atoms with Gasteiger partial charge in [-0.3, -0.25) is 19.1 Å². The van der Waals surface area contributed by atoms with Crippen molar-refractivity contribution in [1.29, 1.82) is 0 Å². The van der Waals surface area contributed by atoms with Crippen LogP contribution >= 0.6 is 0 Å². The minimum atomic E-state index is 0.0971. The Labute approximate surface area is 183 Å². The summed E-state index contributed by atoms with van der Waals surface area (Å²) in [7, 11) is 0.